The van der Waals surface area contributed by atoms with Crippen molar-refractivity contribution in [1.29, 1.82) is 0 Å². The van der Waals surface area contributed by atoms with Gasteiger partial charge in [-0.25, -0.2) is 0 Å². The molecule has 0 aromatic carbocycles. The fourth-order valence-electron chi connectivity index (χ4n) is 1.93. The second-order valence-corrected chi connectivity index (χ2v) is 4.10. The predicted octanol–water partition coefficient (Wildman–Crippen LogP) is -1.67. The number of ether oxygens (including phenoxy) is 1. The Labute approximate surface area is 103 Å². The molecule has 7 heteroatoms. The molecular formula is C11H14N2O5. The van der Waals surface area contributed by atoms with Gasteiger partial charge in [0.25, 0.3) is 5.91 Å². The molecule has 1 amide bonds. The molecule has 2 heterocycles. The van der Waals surface area contributed by atoms with Crippen molar-refractivity contribution in [2.45, 2.75) is 24.4 Å². The Morgan fingerprint density at radius 2 is 2.17 bits per heavy atom. The minimum absolute atomic E-state index is 0.0465. The Kier molecular flexibility index (Phi) is 3.58. The molecule has 1 aliphatic rings. The number of aromatic nitrogens is 1. The molecule has 1 aliphatic heterocycles. The Morgan fingerprint density at radius 3 is 2.72 bits per heavy atom. The number of primary amides is 1. The molecule has 18 heavy (non-hydrogen) atoms. The molecule has 2 rings (SSSR count). The van der Waals surface area contributed by atoms with E-state index in [0.29, 0.717) is 5.56 Å². The van der Waals surface area contributed by atoms with Gasteiger partial charge >= 0.3 is 0 Å². The zero-order valence-corrected chi connectivity index (χ0v) is 9.43. The van der Waals surface area contributed by atoms with Crippen LogP contribution in [0.4, 0.5) is 0 Å². The molecule has 1 aromatic heterocycles. The number of nitrogens with zero attached hydrogens (tertiary/aromatic N) is 1. The smallest absolute Gasteiger partial charge is 0.267 e. The van der Waals surface area contributed by atoms with Gasteiger partial charge in [-0.3, -0.25) is 9.78 Å². The first-order chi connectivity index (χ1) is 8.54. The van der Waals surface area contributed by atoms with E-state index in [2.05, 4.69) is 4.98 Å². The summed E-state index contributed by atoms with van der Waals surface area (Å²) in [6.45, 7) is -0.400. The number of amides is 1. The van der Waals surface area contributed by atoms with Crippen molar-refractivity contribution in [3.05, 3.63) is 29.6 Å². The quantitative estimate of drug-likeness (QED) is 0.511. The average molecular weight is 254 g/mol. The molecule has 1 saturated heterocycles. The van der Waals surface area contributed by atoms with Crippen molar-refractivity contribution < 1.29 is 24.9 Å². The summed E-state index contributed by atoms with van der Waals surface area (Å²) in [5, 5.41) is 28.4. The summed E-state index contributed by atoms with van der Waals surface area (Å²) >= 11 is 0. The third-order valence-corrected chi connectivity index (χ3v) is 2.91. The first-order valence-corrected chi connectivity index (χ1v) is 5.42. The number of pyridine rings is 1. The van der Waals surface area contributed by atoms with E-state index >= 15 is 0 Å². The fourth-order valence-corrected chi connectivity index (χ4v) is 1.93. The van der Waals surface area contributed by atoms with Crippen LogP contribution in [0.25, 0.3) is 0 Å². The van der Waals surface area contributed by atoms with Gasteiger partial charge in [0.1, 0.15) is 30.1 Å². The Balaban J connectivity index is 2.27. The number of aliphatic hydroxyl groups is 3. The predicted molar refractivity (Wildman–Crippen MR) is 59.5 cm³/mol. The molecule has 0 saturated carbocycles. The highest BCUT2D eigenvalue weighted by Crippen LogP contribution is 2.33. The monoisotopic (exact) mass is 254 g/mol. The maximum atomic E-state index is 11.0. The van der Waals surface area contributed by atoms with E-state index in [0.717, 1.165) is 0 Å². The minimum atomic E-state index is -1.18. The van der Waals surface area contributed by atoms with E-state index in [9.17, 15) is 15.0 Å². The average Bonchev–Trinajstić information content (AvgIpc) is 2.66. The van der Waals surface area contributed by atoms with E-state index in [1.54, 1.807) is 6.07 Å². The van der Waals surface area contributed by atoms with E-state index in [-0.39, 0.29) is 5.69 Å². The van der Waals surface area contributed by atoms with E-state index in [1.165, 1.54) is 12.3 Å². The van der Waals surface area contributed by atoms with Crippen LogP contribution in [0.5, 0.6) is 0 Å². The molecule has 0 radical (unpaired) electrons. The number of aliphatic hydroxyl groups excluding tert-OH is 3. The molecular weight excluding hydrogens is 240 g/mol. The van der Waals surface area contributed by atoms with Crippen LogP contribution in [0, 0.1) is 0 Å². The van der Waals surface area contributed by atoms with Gasteiger partial charge in [-0.15, -0.1) is 0 Å². The third-order valence-electron chi connectivity index (χ3n) is 2.91. The Hall–Kier alpha value is -1.54. The van der Waals surface area contributed by atoms with Gasteiger partial charge in [0.15, 0.2) is 0 Å². The topological polar surface area (TPSA) is 126 Å². The number of carbonyl (C=O) groups excluding carboxylic acids is 1. The van der Waals surface area contributed by atoms with Gasteiger partial charge in [0.05, 0.1) is 6.61 Å². The lowest BCUT2D eigenvalue weighted by molar-refractivity contribution is -0.0228. The van der Waals surface area contributed by atoms with Crippen LogP contribution >= 0.6 is 0 Å². The molecule has 1 aromatic rings. The van der Waals surface area contributed by atoms with Gasteiger partial charge in [-0.05, 0) is 17.7 Å². The lowest BCUT2D eigenvalue weighted by Crippen LogP contribution is -2.32. The lowest BCUT2D eigenvalue weighted by Gasteiger charge is -2.15. The number of rotatable bonds is 3. The molecule has 0 bridgehead atoms. The summed E-state index contributed by atoms with van der Waals surface area (Å²) in [4.78, 5) is 14.8. The summed E-state index contributed by atoms with van der Waals surface area (Å²) in [5.74, 6) is -0.691. The molecule has 0 aliphatic carbocycles. The zero-order valence-electron chi connectivity index (χ0n) is 9.43. The highest BCUT2D eigenvalue weighted by atomic mass is 16.6. The number of carbonyl (C=O) groups is 1. The standard InChI is InChI=1S/C11H14N2O5/c12-11(17)6-3-5(1-2-13-6)10-9(16)8(15)7(4-14)18-10/h1-3,7-10,14-16H,4H2,(H2,12,17)/t7-,8-,9-,10?/m1/s1. The Bertz CT molecular complexity index is 453. The van der Waals surface area contributed by atoms with Crippen LogP contribution in [0.3, 0.4) is 0 Å². The zero-order chi connectivity index (χ0) is 13.3. The summed E-state index contributed by atoms with van der Waals surface area (Å²) < 4.78 is 5.33. The third kappa shape index (κ3) is 2.21. The van der Waals surface area contributed by atoms with Crippen LogP contribution in [-0.4, -0.2) is 51.1 Å². The highest BCUT2D eigenvalue weighted by molar-refractivity contribution is 5.90. The maximum Gasteiger partial charge on any atom is 0.267 e. The van der Waals surface area contributed by atoms with Crippen molar-refractivity contribution >= 4 is 5.91 Å². The van der Waals surface area contributed by atoms with Crippen LogP contribution in [0.15, 0.2) is 18.3 Å². The first-order valence-electron chi connectivity index (χ1n) is 5.42. The number of hydrogen-bond acceptors (Lipinski definition) is 6. The molecule has 1 unspecified atom stereocenters. The first kappa shape index (κ1) is 12.9. The lowest BCUT2D eigenvalue weighted by atomic mass is 10.0. The molecule has 7 nitrogen and oxygen atoms in total. The van der Waals surface area contributed by atoms with Crippen LogP contribution in [0.1, 0.15) is 22.2 Å². The summed E-state index contributed by atoms with van der Waals surface area (Å²) in [7, 11) is 0. The van der Waals surface area contributed by atoms with E-state index in [4.69, 9.17) is 15.6 Å². The van der Waals surface area contributed by atoms with Crippen molar-refractivity contribution in [3.63, 3.8) is 0 Å². The highest BCUT2D eigenvalue weighted by Gasteiger charge is 2.43. The second-order valence-electron chi connectivity index (χ2n) is 4.10. The van der Waals surface area contributed by atoms with Crippen molar-refractivity contribution in [2.75, 3.05) is 6.61 Å². The van der Waals surface area contributed by atoms with Crippen molar-refractivity contribution in [1.82, 2.24) is 4.98 Å². The fraction of sp³-hybridized carbons (Fsp3) is 0.455. The SMILES string of the molecule is NC(=O)c1cc(C2O[C@H](CO)[C@@H](O)[C@H]2O)ccn1. The molecule has 5 N–H and O–H groups in total. The molecule has 4 atom stereocenters. The maximum absolute atomic E-state index is 11.0. The van der Waals surface area contributed by atoms with Gasteiger partial charge in [-0.1, -0.05) is 0 Å². The van der Waals surface area contributed by atoms with Crippen molar-refractivity contribution in [2.24, 2.45) is 5.73 Å². The van der Waals surface area contributed by atoms with E-state index in [1.807, 2.05) is 0 Å². The second kappa shape index (κ2) is 4.99. The van der Waals surface area contributed by atoms with Crippen LogP contribution < -0.4 is 5.73 Å². The summed E-state index contributed by atoms with van der Waals surface area (Å²) in [5.41, 5.74) is 5.62. The summed E-state index contributed by atoms with van der Waals surface area (Å²) in [6, 6.07) is 2.94. The van der Waals surface area contributed by atoms with Crippen LogP contribution in [-0.2, 0) is 4.74 Å². The molecule has 98 valence electrons. The Morgan fingerprint density at radius 1 is 1.44 bits per heavy atom. The van der Waals surface area contributed by atoms with Gasteiger partial charge in [0, 0.05) is 6.20 Å². The largest absolute Gasteiger partial charge is 0.394 e. The number of hydrogen-bond donors (Lipinski definition) is 4. The van der Waals surface area contributed by atoms with Gasteiger partial charge < -0.3 is 25.8 Å². The van der Waals surface area contributed by atoms with Crippen molar-refractivity contribution in [3.8, 4) is 0 Å². The van der Waals surface area contributed by atoms with Gasteiger partial charge in [0.2, 0.25) is 0 Å². The summed E-state index contributed by atoms with van der Waals surface area (Å²) in [6.07, 6.45) is -2.66. The minimum Gasteiger partial charge on any atom is -0.394 e. The number of nitrogens with two attached hydrogens (primary N) is 1. The molecule has 0 spiro atoms. The van der Waals surface area contributed by atoms with E-state index < -0.39 is 36.9 Å². The molecule has 1 fully saturated rings. The normalized spacial score (nSPS) is 31.5. The van der Waals surface area contributed by atoms with Crippen LogP contribution in [0.2, 0.25) is 0 Å². The van der Waals surface area contributed by atoms with Gasteiger partial charge in [-0.2, -0.15) is 0 Å².